The Morgan fingerprint density at radius 2 is 1.95 bits per heavy atom. The molecule has 106 valence electrons. The topological polar surface area (TPSA) is 29.5 Å². The van der Waals surface area contributed by atoms with Crippen LogP contribution in [-0.4, -0.2) is 12.2 Å². The lowest BCUT2D eigenvalue weighted by molar-refractivity contribution is 0.178. The molecule has 2 rings (SSSR count). The van der Waals surface area contributed by atoms with Crippen LogP contribution in [0.3, 0.4) is 0 Å². The van der Waals surface area contributed by atoms with Crippen molar-refractivity contribution in [3.8, 4) is 5.75 Å². The second-order valence-corrected chi connectivity index (χ2v) is 4.71. The number of hydrogen-bond donors (Lipinski definition) is 1. The molecule has 0 heterocycles. The zero-order chi connectivity index (χ0) is 14.7. The first-order valence-corrected chi connectivity index (χ1v) is 6.35. The zero-order valence-corrected chi connectivity index (χ0v) is 11.5. The third-order valence-corrected chi connectivity index (χ3v) is 3.38. The fraction of sp³-hybridized carbons (Fsp3) is 0.200. The first kappa shape index (κ1) is 14.8. The van der Waals surface area contributed by atoms with Crippen LogP contribution in [0.2, 0.25) is 5.02 Å². The van der Waals surface area contributed by atoms with Crippen molar-refractivity contribution < 1.29 is 18.6 Å². The summed E-state index contributed by atoms with van der Waals surface area (Å²) in [5.74, 6) is -0.973. The van der Waals surface area contributed by atoms with E-state index in [4.69, 9.17) is 16.3 Å². The maximum atomic E-state index is 13.6. The number of hydrogen-bond acceptors (Lipinski definition) is 2. The minimum atomic E-state index is -1.01. The monoisotopic (exact) mass is 298 g/mol. The fourth-order valence-corrected chi connectivity index (χ4v) is 2.20. The second-order valence-electron chi connectivity index (χ2n) is 4.33. The van der Waals surface area contributed by atoms with Gasteiger partial charge in [0.2, 0.25) is 0 Å². The third kappa shape index (κ3) is 3.08. The summed E-state index contributed by atoms with van der Waals surface area (Å²) in [7, 11) is 1.37. The van der Waals surface area contributed by atoms with Crippen LogP contribution in [-0.2, 0) is 6.42 Å². The maximum absolute atomic E-state index is 13.6. The van der Waals surface area contributed by atoms with Crippen molar-refractivity contribution in [2.45, 2.75) is 12.5 Å². The Morgan fingerprint density at radius 1 is 1.20 bits per heavy atom. The SMILES string of the molecule is COc1ccc(CC(O)c2cccc(F)c2Cl)cc1F. The Kier molecular flexibility index (Phi) is 4.57. The Hall–Kier alpha value is -1.65. The zero-order valence-electron chi connectivity index (χ0n) is 10.7. The van der Waals surface area contributed by atoms with Crippen LogP contribution in [0, 0.1) is 11.6 Å². The third-order valence-electron chi connectivity index (χ3n) is 2.99. The summed E-state index contributed by atoms with van der Waals surface area (Å²) in [6.07, 6.45) is -0.879. The molecule has 2 nitrogen and oxygen atoms in total. The standard InChI is InChI=1S/C15H13ClF2O2/c1-20-14-6-5-9(7-12(14)18)8-13(19)10-3-2-4-11(17)15(10)16/h2-7,13,19H,8H2,1H3. The highest BCUT2D eigenvalue weighted by atomic mass is 35.5. The first-order chi connectivity index (χ1) is 9.52. The molecule has 0 saturated carbocycles. The van der Waals surface area contributed by atoms with Gasteiger partial charge in [-0.25, -0.2) is 8.78 Å². The smallest absolute Gasteiger partial charge is 0.165 e. The van der Waals surface area contributed by atoms with E-state index in [1.807, 2.05) is 0 Å². The lowest BCUT2D eigenvalue weighted by atomic mass is 10.0. The molecule has 0 fully saturated rings. The Bertz CT molecular complexity index is 617. The molecule has 5 heteroatoms. The molecular formula is C15H13ClF2O2. The highest BCUT2D eigenvalue weighted by Crippen LogP contribution is 2.28. The van der Waals surface area contributed by atoms with Crippen molar-refractivity contribution in [2.75, 3.05) is 7.11 Å². The van der Waals surface area contributed by atoms with Gasteiger partial charge in [-0.05, 0) is 23.8 Å². The van der Waals surface area contributed by atoms with Crippen LogP contribution in [0.1, 0.15) is 17.2 Å². The molecule has 0 aliphatic carbocycles. The van der Waals surface area contributed by atoms with E-state index >= 15 is 0 Å². The number of methoxy groups -OCH3 is 1. The molecule has 0 amide bonds. The molecule has 2 aromatic carbocycles. The van der Waals surface area contributed by atoms with Gasteiger partial charge in [0, 0.05) is 12.0 Å². The quantitative estimate of drug-likeness (QED) is 0.927. The normalized spacial score (nSPS) is 12.2. The Balaban J connectivity index is 2.21. The predicted molar refractivity (Wildman–Crippen MR) is 73.0 cm³/mol. The average molecular weight is 299 g/mol. The minimum absolute atomic E-state index is 0.117. The van der Waals surface area contributed by atoms with Crippen LogP contribution < -0.4 is 4.74 Å². The van der Waals surface area contributed by atoms with E-state index in [0.717, 1.165) is 0 Å². The molecule has 0 bridgehead atoms. The van der Waals surface area contributed by atoms with Gasteiger partial charge in [0.15, 0.2) is 11.6 Å². The van der Waals surface area contributed by atoms with Gasteiger partial charge in [0.25, 0.3) is 0 Å². The fourth-order valence-electron chi connectivity index (χ4n) is 1.95. The van der Waals surface area contributed by atoms with E-state index in [-0.39, 0.29) is 22.8 Å². The predicted octanol–water partition coefficient (Wildman–Crippen LogP) is 3.90. The van der Waals surface area contributed by atoms with Crippen LogP contribution in [0.25, 0.3) is 0 Å². The van der Waals surface area contributed by atoms with Crippen molar-refractivity contribution in [1.29, 1.82) is 0 Å². The summed E-state index contributed by atoms with van der Waals surface area (Å²) < 4.78 is 31.7. The molecule has 0 aliphatic heterocycles. The van der Waals surface area contributed by atoms with E-state index in [9.17, 15) is 13.9 Å². The van der Waals surface area contributed by atoms with Gasteiger partial charge >= 0.3 is 0 Å². The van der Waals surface area contributed by atoms with E-state index in [1.165, 1.54) is 37.4 Å². The van der Waals surface area contributed by atoms with Gasteiger partial charge in [-0.1, -0.05) is 29.8 Å². The second kappa shape index (κ2) is 6.20. The van der Waals surface area contributed by atoms with Crippen LogP contribution >= 0.6 is 11.6 Å². The van der Waals surface area contributed by atoms with Crippen LogP contribution in [0.4, 0.5) is 8.78 Å². The number of aliphatic hydroxyl groups is 1. The van der Waals surface area contributed by atoms with Gasteiger partial charge in [0.05, 0.1) is 18.2 Å². The van der Waals surface area contributed by atoms with E-state index < -0.39 is 17.7 Å². The maximum Gasteiger partial charge on any atom is 0.165 e. The molecular weight excluding hydrogens is 286 g/mol. The summed E-state index contributed by atoms with van der Waals surface area (Å²) >= 11 is 5.80. The number of rotatable bonds is 4. The van der Waals surface area contributed by atoms with E-state index in [0.29, 0.717) is 5.56 Å². The molecule has 0 radical (unpaired) electrons. The summed E-state index contributed by atoms with van der Waals surface area (Å²) in [5.41, 5.74) is 0.846. The summed E-state index contributed by atoms with van der Waals surface area (Å²) in [5, 5.41) is 9.98. The number of ether oxygens (including phenoxy) is 1. The van der Waals surface area contributed by atoms with E-state index in [1.54, 1.807) is 6.07 Å². The Morgan fingerprint density at radius 3 is 2.60 bits per heavy atom. The molecule has 0 aliphatic rings. The Labute approximate surface area is 120 Å². The van der Waals surface area contributed by atoms with Gasteiger partial charge < -0.3 is 9.84 Å². The van der Waals surface area contributed by atoms with Crippen molar-refractivity contribution in [3.63, 3.8) is 0 Å². The highest BCUT2D eigenvalue weighted by Gasteiger charge is 2.15. The molecule has 1 N–H and O–H groups in total. The molecule has 2 aromatic rings. The molecule has 0 spiro atoms. The first-order valence-electron chi connectivity index (χ1n) is 5.97. The van der Waals surface area contributed by atoms with Gasteiger partial charge in [0.1, 0.15) is 5.82 Å². The van der Waals surface area contributed by atoms with Crippen LogP contribution in [0.15, 0.2) is 36.4 Å². The lowest BCUT2D eigenvalue weighted by Crippen LogP contribution is -2.04. The van der Waals surface area contributed by atoms with Crippen molar-refractivity contribution in [2.24, 2.45) is 0 Å². The number of benzene rings is 2. The average Bonchev–Trinajstić information content (AvgIpc) is 2.42. The molecule has 0 saturated heterocycles. The molecule has 0 aromatic heterocycles. The molecule has 20 heavy (non-hydrogen) atoms. The summed E-state index contributed by atoms with van der Waals surface area (Å²) in [6.45, 7) is 0. The molecule has 1 atom stereocenters. The van der Waals surface area contributed by atoms with Crippen LogP contribution in [0.5, 0.6) is 5.75 Å². The summed E-state index contributed by atoms with van der Waals surface area (Å²) in [6, 6.07) is 8.61. The highest BCUT2D eigenvalue weighted by molar-refractivity contribution is 6.31. The van der Waals surface area contributed by atoms with Crippen molar-refractivity contribution >= 4 is 11.6 Å². The van der Waals surface area contributed by atoms with Crippen molar-refractivity contribution in [1.82, 2.24) is 0 Å². The van der Waals surface area contributed by atoms with Gasteiger partial charge in [-0.3, -0.25) is 0 Å². The lowest BCUT2D eigenvalue weighted by Gasteiger charge is -2.13. The van der Waals surface area contributed by atoms with E-state index in [2.05, 4.69) is 0 Å². The summed E-state index contributed by atoms with van der Waals surface area (Å²) in [4.78, 5) is 0. The minimum Gasteiger partial charge on any atom is -0.494 e. The number of halogens is 3. The van der Waals surface area contributed by atoms with Crippen molar-refractivity contribution in [3.05, 3.63) is 64.2 Å². The molecule has 1 unspecified atom stereocenters. The number of aliphatic hydroxyl groups excluding tert-OH is 1. The van der Waals surface area contributed by atoms with Gasteiger partial charge in [-0.2, -0.15) is 0 Å². The largest absolute Gasteiger partial charge is 0.494 e. The van der Waals surface area contributed by atoms with Gasteiger partial charge in [-0.15, -0.1) is 0 Å².